The zero-order chi connectivity index (χ0) is 10.9. The molecule has 0 fully saturated rings. The average Bonchev–Trinajstić information content (AvgIpc) is 2.33. The third-order valence-corrected chi connectivity index (χ3v) is 4.30. The molecule has 0 spiro atoms. The van der Waals surface area contributed by atoms with E-state index in [1.165, 1.54) is 0 Å². The lowest BCUT2D eigenvalue weighted by Gasteiger charge is -2.22. The van der Waals surface area contributed by atoms with Crippen molar-refractivity contribution in [2.45, 2.75) is 34.2 Å². The molecule has 0 radical (unpaired) electrons. The summed E-state index contributed by atoms with van der Waals surface area (Å²) in [7, 11) is 0. The van der Waals surface area contributed by atoms with Crippen molar-refractivity contribution >= 4 is 27.5 Å². The van der Waals surface area contributed by atoms with E-state index in [2.05, 4.69) is 34.9 Å². The van der Waals surface area contributed by atoms with Crippen molar-refractivity contribution in [1.29, 1.82) is 0 Å². The smallest absolute Gasteiger partial charge is 0.0844 e. The molecule has 1 heterocycles. The van der Waals surface area contributed by atoms with Gasteiger partial charge < -0.3 is 0 Å². The highest BCUT2D eigenvalue weighted by Crippen LogP contribution is 2.25. The van der Waals surface area contributed by atoms with Crippen molar-refractivity contribution in [2.75, 3.05) is 5.33 Å². The van der Waals surface area contributed by atoms with E-state index in [1.807, 2.05) is 18.5 Å². The lowest BCUT2D eigenvalue weighted by atomic mass is 9.97. The van der Waals surface area contributed by atoms with Crippen LogP contribution in [0.1, 0.15) is 25.2 Å². The van der Waals surface area contributed by atoms with Crippen LogP contribution >= 0.6 is 27.5 Å². The van der Waals surface area contributed by atoms with Crippen LogP contribution in [0.3, 0.4) is 0 Å². The largest absolute Gasteiger partial charge is 0.267 e. The molecule has 2 nitrogen and oxygen atoms in total. The van der Waals surface area contributed by atoms with Gasteiger partial charge in [0, 0.05) is 11.9 Å². The number of alkyl halides is 1. The van der Waals surface area contributed by atoms with E-state index in [-0.39, 0.29) is 5.41 Å². The summed E-state index contributed by atoms with van der Waals surface area (Å²) in [5.74, 6) is 0. The maximum atomic E-state index is 6.08. The first kappa shape index (κ1) is 12.1. The summed E-state index contributed by atoms with van der Waals surface area (Å²) in [5, 5.41) is 6.15. The number of rotatable bonds is 3. The van der Waals surface area contributed by atoms with Crippen LogP contribution in [0.2, 0.25) is 5.02 Å². The lowest BCUT2D eigenvalue weighted by Crippen LogP contribution is -2.22. The van der Waals surface area contributed by atoms with Gasteiger partial charge in [-0.2, -0.15) is 5.10 Å². The van der Waals surface area contributed by atoms with E-state index in [1.54, 1.807) is 0 Å². The molecule has 1 rings (SSSR count). The normalized spacial score (nSPS) is 12.1. The number of halogens is 2. The van der Waals surface area contributed by atoms with Crippen LogP contribution in [0.4, 0.5) is 0 Å². The van der Waals surface area contributed by atoms with Gasteiger partial charge in [-0.1, -0.05) is 41.4 Å². The van der Waals surface area contributed by atoms with Gasteiger partial charge in [-0.15, -0.1) is 0 Å². The molecule has 14 heavy (non-hydrogen) atoms. The van der Waals surface area contributed by atoms with Crippen LogP contribution in [0, 0.1) is 19.3 Å². The number of hydrogen-bond donors (Lipinski definition) is 0. The van der Waals surface area contributed by atoms with Gasteiger partial charge in [0.1, 0.15) is 0 Å². The van der Waals surface area contributed by atoms with Gasteiger partial charge >= 0.3 is 0 Å². The Morgan fingerprint density at radius 3 is 2.36 bits per heavy atom. The topological polar surface area (TPSA) is 17.8 Å². The zero-order valence-corrected chi connectivity index (χ0v) is 11.4. The van der Waals surface area contributed by atoms with E-state index in [4.69, 9.17) is 11.6 Å². The molecule has 0 saturated heterocycles. The molecule has 0 atom stereocenters. The molecule has 0 aliphatic heterocycles. The predicted molar refractivity (Wildman–Crippen MR) is 64.3 cm³/mol. The summed E-state index contributed by atoms with van der Waals surface area (Å²) in [6, 6.07) is 0. The van der Waals surface area contributed by atoms with Crippen molar-refractivity contribution < 1.29 is 0 Å². The van der Waals surface area contributed by atoms with Gasteiger partial charge in [0.25, 0.3) is 0 Å². The fourth-order valence-corrected chi connectivity index (χ4v) is 1.59. The number of nitrogens with zero attached hydrogens (tertiary/aromatic N) is 2. The highest BCUT2D eigenvalue weighted by molar-refractivity contribution is 9.09. The van der Waals surface area contributed by atoms with Crippen molar-refractivity contribution in [2.24, 2.45) is 5.41 Å². The number of hydrogen-bond acceptors (Lipinski definition) is 1. The minimum absolute atomic E-state index is 0.201. The quantitative estimate of drug-likeness (QED) is 0.774. The Kier molecular flexibility index (Phi) is 3.64. The highest BCUT2D eigenvalue weighted by Gasteiger charge is 2.19. The third kappa shape index (κ3) is 2.51. The summed E-state index contributed by atoms with van der Waals surface area (Å²) in [6.45, 7) is 9.23. The van der Waals surface area contributed by atoms with E-state index < -0.39 is 0 Å². The summed E-state index contributed by atoms with van der Waals surface area (Å²) in [4.78, 5) is 0. The number of aryl methyl sites for hydroxylation is 1. The average molecular weight is 280 g/mol. The van der Waals surface area contributed by atoms with Crippen LogP contribution in [0.15, 0.2) is 0 Å². The maximum Gasteiger partial charge on any atom is 0.0844 e. The van der Waals surface area contributed by atoms with Crippen molar-refractivity contribution in [3.05, 3.63) is 16.4 Å². The SMILES string of the molecule is Cc1nn(CC(C)(C)CBr)c(C)c1Cl. The minimum Gasteiger partial charge on any atom is -0.267 e. The summed E-state index contributed by atoms with van der Waals surface area (Å²) in [6.07, 6.45) is 0. The van der Waals surface area contributed by atoms with E-state index in [0.29, 0.717) is 0 Å². The second-order valence-electron chi connectivity index (χ2n) is 4.44. The molecular formula is C10H16BrClN2. The fourth-order valence-electron chi connectivity index (χ4n) is 1.28. The Morgan fingerprint density at radius 2 is 2.00 bits per heavy atom. The lowest BCUT2D eigenvalue weighted by molar-refractivity contribution is 0.331. The van der Waals surface area contributed by atoms with Crippen molar-refractivity contribution in [1.82, 2.24) is 9.78 Å². The van der Waals surface area contributed by atoms with Crippen LogP contribution in [0.25, 0.3) is 0 Å². The zero-order valence-electron chi connectivity index (χ0n) is 9.06. The Balaban J connectivity index is 2.93. The molecule has 0 aliphatic carbocycles. The van der Waals surface area contributed by atoms with Crippen LogP contribution < -0.4 is 0 Å². The van der Waals surface area contributed by atoms with Gasteiger partial charge in [0.05, 0.1) is 16.4 Å². The van der Waals surface area contributed by atoms with Gasteiger partial charge in [0.15, 0.2) is 0 Å². The van der Waals surface area contributed by atoms with Crippen molar-refractivity contribution in [3.8, 4) is 0 Å². The molecular weight excluding hydrogens is 263 g/mol. The molecule has 1 aromatic rings. The number of aromatic nitrogens is 2. The molecule has 0 bridgehead atoms. The first-order valence-corrected chi connectivity index (χ1v) is 6.13. The monoisotopic (exact) mass is 278 g/mol. The fraction of sp³-hybridized carbons (Fsp3) is 0.700. The maximum absolute atomic E-state index is 6.08. The molecule has 80 valence electrons. The predicted octanol–water partition coefficient (Wildman–Crippen LogP) is 3.57. The Morgan fingerprint density at radius 1 is 1.43 bits per heavy atom. The summed E-state index contributed by atoms with van der Waals surface area (Å²) >= 11 is 9.58. The summed E-state index contributed by atoms with van der Waals surface area (Å²) in [5.41, 5.74) is 2.17. The van der Waals surface area contributed by atoms with Gasteiger partial charge in [-0.3, -0.25) is 4.68 Å². The van der Waals surface area contributed by atoms with E-state index >= 15 is 0 Å². The molecule has 0 aliphatic rings. The first-order chi connectivity index (χ1) is 6.37. The second-order valence-corrected chi connectivity index (χ2v) is 5.38. The molecule has 0 N–H and O–H groups in total. The molecule has 0 amide bonds. The van der Waals surface area contributed by atoms with Gasteiger partial charge in [0.2, 0.25) is 0 Å². The van der Waals surface area contributed by atoms with Crippen LogP contribution in [-0.4, -0.2) is 15.1 Å². The molecule has 0 aromatic carbocycles. The Hall–Kier alpha value is -0.0200. The molecule has 1 aromatic heterocycles. The molecule has 0 unspecified atom stereocenters. The minimum atomic E-state index is 0.201. The van der Waals surface area contributed by atoms with Gasteiger partial charge in [-0.25, -0.2) is 0 Å². The molecule has 4 heteroatoms. The van der Waals surface area contributed by atoms with Crippen LogP contribution in [-0.2, 0) is 6.54 Å². The van der Waals surface area contributed by atoms with Gasteiger partial charge in [-0.05, 0) is 19.3 Å². The first-order valence-electron chi connectivity index (χ1n) is 4.63. The Labute approximate surface area is 98.8 Å². The summed E-state index contributed by atoms with van der Waals surface area (Å²) < 4.78 is 1.99. The van der Waals surface area contributed by atoms with E-state index in [9.17, 15) is 0 Å². The highest BCUT2D eigenvalue weighted by atomic mass is 79.9. The second kappa shape index (κ2) is 4.23. The standard InChI is InChI=1S/C10H16BrClN2/c1-7-9(12)8(2)14(13-7)6-10(3,4)5-11/h5-6H2,1-4H3. The van der Waals surface area contributed by atoms with Crippen LogP contribution in [0.5, 0.6) is 0 Å². The van der Waals surface area contributed by atoms with E-state index in [0.717, 1.165) is 28.3 Å². The third-order valence-electron chi connectivity index (χ3n) is 2.23. The Bertz CT molecular complexity index is 331. The molecule has 0 saturated carbocycles. The van der Waals surface area contributed by atoms with Crippen molar-refractivity contribution in [3.63, 3.8) is 0 Å².